The lowest BCUT2D eigenvalue weighted by Crippen LogP contribution is -2.27. The zero-order valence-corrected chi connectivity index (χ0v) is 11.2. The van der Waals surface area contributed by atoms with Crippen molar-refractivity contribution in [1.82, 2.24) is 5.32 Å². The molecular formula is C17H23N. The first-order chi connectivity index (χ1) is 8.81. The zero-order valence-electron chi connectivity index (χ0n) is 11.2. The summed E-state index contributed by atoms with van der Waals surface area (Å²) in [5, 5.41) is 3.65. The third-order valence-corrected chi connectivity index (χ3v) is 4.50. The molecule has 3 rings (SSSR count). The minimum Gasteiger partial charge on any atom is -0.316 e. The summed E-state index contributed by atoms with van der Waals surface area (Å²) in [6.45, 7) is 4.48. The van der Waals surface area contributed by atoms with Crippen molar-refractivity contribution < 1.29 is 0 Å². The van der Waals surface area contributed by atoms with Gasteiger partial charge >= 0.3 is 0 Å². The number of hydrogen-bond donors (Lipinski definition) is 1. The van der Waals surface area contributed by atoms with Crippen LogP contribution in [0.15, 0.2) is 36.4 Å². The van der Waals surface area contributed by atoms with Gasteiger partial charge in [-0.05, 0) is 62.6 Å². The Morgan fingerprint density at radius 3 is 2.89 bits per heavy atom. The number of fused-ring (bicyclic) bond motifs is 2. The monoisotopic (exact) mass is 241 g/mol. The van der Waals surface area contributed by atoms with Crippen molar-refractivity contribution in [3.05, 3.63) is 47.5 Å². The van der Waals surface area contributed by atoms with Gasteiger partial charge in [0.15, 0.2) is 0 Å². The van der Waals surface area contributed by atoms with E-state index in [1.54, 1.807) is 0 Å². The summed E-state index contributed by atoms with van der Waals surface area (Å²) in [5.74, 6) is 2.68. The Morgan fingerprint density at radius 2 is 2.17 bits per heavy atom. The first-order valence-corrected chi connectivity index (χ1v) is 7.26. The molecule has 1 saturated carbocycles. The summed E-state index contributed by atoms with van der Waals surface area (Å²) in [4.78, 5) is 0. The predicted octanol–water partition coefficient (Wildman–Crippen LogP) is 3.34. The predicted molar refractivity (Wildman–Crippen MR) is 76.6 cm³/mol. The van der Waals surface area contributed by atoms with Crippen LogP contribution in [-0.4, -0.2) is 13.1 Å². The Hall–Kier alpha value is -1.08. The van der Waals surface area contributed by atoms with Crippen molar-refractivity contribution in [2.24, 2.45) is 17.8 Å². The molecule has 1 N–H and O–H groups in total. The van der Waals surface area contributed by atoms with Crippen molar-refractivity contribution in [2.75, 3.05) is 13.1 Å². The molecule has 0 spiro atoms. The largest absolute Gasteiger partial charge is 0.316 e. The molecule has 1 aromatic rings. The summed E-state index contributed by atoms with van der Waals surface area (Å²) in [5.41, 5.74) is 2.82. The van der Waals surface area contributed by atoms with Crippen LogP contribution in [0, 0.1) is 24.7 Å². The molecule has 0 saturated heterocycles. The van der Waals surface area contributed by atoms with Crippen LogP contribution >= 0.6 is 0 Å². The molecule has 3 unspecified atom stereocenters. The molecule has 0 heterocycles. The molecule has 2 bridgehead atoms. The third kappa shape index (κ3) is 2.67. The van der Waals surface area contributed by atoms with E-state index in [0.717, 1.165) is 30.7 Å². The van der Waals surface area contributed by atoms with Gasteiger partial charge in [0.25, 0.3) is 0 Å². The Balaban J connectivity index is 1.39. The molecule has 0 aromatic heterocycles. The van der Waals surface area contributed by atoms with Gasteiger partial charge in [0, 0.05) is 0 Å². The highest BCUT2D eigenvalue weighted by Gasteiger charge is 2.34. The van der Waals surface area contributed by atoms with Crippen LogP contribution in [0.25, 0.3) is 0 Å². The first kappa shape index (κ1) is 12.0. The topological polar surface area (TPSA) is 12.0 Å². The summed E-state index contributed by atoms with van der Waals surface area (Å²) >= 11 is 0. The van der Waals surface area contributed by atoms with Crippen LogP contribution in [0.2, 0.25) is 0 Å². The van der Waals surface area contributed by atoms with Gasteiger partial charge in [-0.1, -0.05) is 42.0 Å². The van der Waals surface area contributed by atoms with Crippen molar-refractivity contribution in [1.29, 1.82) is 0 Å². The fraction of sp³-hybridized carbons (Fsp3) is 0.529. The molecule has 2 aliphatic carbocycles. The number of rotatable bonds is 5. The van der Waals surface area contributed by atoms with Gasteiger partial charge in [-0.15, -0.1) is 0 Å². The normalized spacial score (nSPS) is 29.1. The maximum atomic E-state index is 3.65. The van der Waals surface area contributed by atoms with Gasteiger partial charge in [-0.25, -0.2) is 0 Å². The van der Waals surface area contributed by atoms with E-state index >= 15 is 0 Å². The number of nitrogens with one attached hydrogen (secondary N) is 1. The molecule has 2 aliphatic rings. The summed E-state index contributed by atoms with van der Waals surface area (Å²) < 4.78 is 0. The number of allylic oxidation sites excluding steroid dienone is 2. The highest BCUT2D eigenvalue weighted by atomic mass is 14.9. The molecule has 18 heavy (non-hydrogen) atoms. The highest BCUT2D eigenvalue weighted by molar-refractivity contribution is 5.22. The Labute approximate surface area is 110 Å². The fourth-order valence-electron chi connectivity index (χ4n) is 3.52. The fourth-order valence-corrected chi connectivity index (χ4v) is 3.52. The lowest BCUT2D eigenvalue weighted by Gasteiger charge is -2.18. The van der Waals surface area contributed by atoms with Gasteiger partial charge in [-0.3, -0.25) is 0 Å². The van der Waals surface area contributed by atoms with Gasteiger partial charge in [0.2, 0.25) is 0 Å². The number of benzene rings is 1. The molecular weight excluding hydrogens is 218 g/mol. The maximum absolute atomic E-state index is 3.65. The third-order valence-electron chi connectivity index (χ3n) is 4.50. The van der Waals surface area contributed by atoms with E-state index in [2.05, 4.69) is 48.7 Å². The van der Waals surface area contributed by atoms with E-state index in [1.807, 2.05) is 0 Å². The molecule has 1 heteroatoms. The van der Waals surface area contributed by atoms with E-state index in [0.29, 0.717) is 0 Å². The molecule has 0 amide bonds. The highest BCUT2D eigenvalue weighted by Crippen LogP contribution is 2.42. The second-order valence-corrected chi connectivity index (χ2v) is 5.98. The quantitative estimate of drug-likeness (QED) is 0.616. The van der Waals surface area contributed by atoms with E-state index < -0.39 is 0 Å². The van der Waals surface area contributed by atoms with Crippen molar-refractivity contribution >= 4 is 0 Å². The minimum atomic E-state index is 0.876. The van der Waals surface area contributed by atoms with Crippen LogP contribution in [0.1, 0.15) is 24.0 Å². The van der Waals surface area contributed by atoms with Crippen molar-refractivity contribution in [3.8, 4) is 0 Å². The lowest BCUT2D eigenvalue weighted by molar-refractivity contribution is 0.416. The average molecular weight is 241 g/mol. The van der Waals surface area contributed by atoms with Crippen molar-refractivity contribution in [3.63, 3.8) is 0 Å². The maximum Gasteiger partial charge on any atom is -0.000823 e. The Morgan fingerprint density at radius 1 is 1.22 bits per heavy atom. The molecule has 1 nitrogen and oxygen atoms in total. The van der Waals surface area contributed by atoms with E-state index in [4.69, 9.17) is 0 Å². The first-order valence-electron chi connectivity index (χ1n) is 7.26. The van der Waals surface area contributed by atoms with Crippen molar-refractivity contribution in [2.45, 2.75) is 26.2 Å². The number of hydrogen-bond acceptors (Lipinski definition) is 1. The van der Waals surface area contributed by atoms with Crippen LogP contribution in [-0.2, 0) is 6.42 Å². The van der Waals surface area contributed by atoms with Gasteiger partial charge in [-0.2, -0.15) is 0 Å². The zero-order chi connectivity index (χ0) is 12.4. The van der Waals surface area contributed by atoms with E-state index in [9.17, 15) is 0 Å². The van der Waals surface area contributed by atoms with Gasteiger partial charge in [0.1, 0.15) is 0 Å². The van der Waals surface area contributed by atoms with Crippen LogP contribution in [0.3, 0.4) is 0 Å². The van der Waals surface area contributed by atoms with E-state index in [1.165, 1.54) is 30.5 Å². The second kappa shape index (κ2) is 5.27. The second-order valence-electron chi connectivity index (χ2n) is 5.98. The summed E-state index contributed by atoms with van der Waals surface area (Å²) in [7, 11) is 0. The lowest BCUT2D eigenvalue weighted by atomic mass is 9.93. The molecule has 1 fully saturated rings. The molecule has 0 radical (unpaired) electrons. The SMILES string of the molecule is Cc1cccc(CCNCC2CC3C=CC2C3)c1. The van der Waals surface area contributed by atoms with Gasteiger partial charge in [0.05, 0.1) is 0 Å². The van der Waals surface area contributed by atoms with Crippen LogP contribution in [0.5, 0.6) is 0 Å². The Kier molecular flexibility index (Phi) is 3.51. The summed E-state index contributed by atoms with van der Waals surface area (Å²) in [6.07, 6.45) is 8.86. The van der Waals surface area contributed by atoms with Gasteiger partial charge < -0.3 is 5.32 Å². The molecule has 1 aromatic carbocycles. The standard InChI is InChI=1S/C17H23N/c1-13-3-2-4-14(9-13)7-8-18-12-17-11-15-5-6-16(17)10-15/h2-6,9,15-18H,7-8,10-12H2,1H3. The number of aryl methyl sites for hydroxylation is 1. The summed E-state index contributed by atoms with van der Waals surface area (Å²) in [6, 6.07) is 8.85. The van der Waals surface area contributed by atoms with Crippen LogP contribution < -0.4 is 5.32 Å². The minimum absolute atomic E-state index is 0.876. The Bertz CT molecular complexity index is 435. The van der Waals surface area contributed by atoms with E-state index in [-0.39, 0.29) is 0 Å². The average Bonchev–Trinajstić information content (AvgIpc) is 2.97. The molecule has 3 atom stereocenters. The van der Waals surface area contributed by atoms with Crippen LogP contribution in [0.4, 0.5) is 0 Å². The smallest absolute Gasteiger partial charge is 0.000823 e. The molecule has 96 valence electrons. The molecule has 0 aliphatic heterocycles.